The monoisotopic (exact) mass is 300 g/mol. The van der Waals surface area contributed by atoms with E-state index in [2.05, 4.69) is 0 Å². The van der Waals surface area contributed by atoms with Crippen LogP contribution in [-0.4, -0.2) is 36.3 Å². The molecule has 1 aromatic rings. The van der Waals surface area contributed by atoms with Crippen molar-refractivity contribution in [3.8, 4) is 0 Å². The summed E-state index contributed by atoms with van der Waals surface area (Å²) in [7, 11) is 0. The van der Waals surface area contributed by atoms with Crippen LogP contribution in [0.5, 0.6) is 0 Å². The minimum atomic E-state index is -0.174. The number of rotatable bonds is 2. The molecule has 3 rings (SSSR count). The van der Waals surface area contributed by atoms with Gasteiger partial charge in [-0.05, 0) is 31.9 Å². The van der Waals surface area contributed by atoms with E-state index in [9.17, 15) is 9.59 Å². The van der Waals surface area contributed by atoms with Crippen LogP contribution in [0, 0.1) is 12.8 Å². The van der Waals surface area contributed by atoms with E-state index in [1.165, 1.54) is 18.4 Å². The zero-order valence-electron chi connectivity index (χ0n) is 13.3. The summed E-state index contributed by atoms with van der Waals surface area (Å²) < 4.78 is 0. The highest BCUT2D eigenvalue weighted by atomic mass is 16.2. The van der Waals surface area contributed by atoms with Crippen molar-refractivity contribution >= 4 is 17.5 Å². The molecular formula is C18H24N2O2. The van der Waals surface area contributed by atoms with Gasteiger partial charge in [0, 0.05) is 31.7 Å². The lowest BCUT2D eigenvalue weighted by Crippen LogP contribution is -2.38. The number of carbonyl (C=O) groups is 2. The Morgan fingerprint density at radius 3 is 2.32 bits per heavy atom. The second-order valence-electron chi connectivity index (χ2n) is 6.48. The molecule has 4 heteroatoms. The van der Waals surface area contributed by atoms with Gasteiger partial charge in [-0.3, -0.25) is 9.59 Å². The Kier molecular flexibility index (Phi) is 4.46. The average Bonchev–Trinajstić information content (AvgIpc) is 2.74. The van der Waals surface area contributed by atoms with Crippen LogP contribution < -0.4 is 4.90 Å². The Hall–Kier alpha value is -1.84. The maximum absolute atomic E-state index is 12.7. The Morgan fingerprint density at radius 1 is 1.05 bits per heavy atom. The van der Waals surface area contributed by atoms with Crippen molar-refractivity contribution in [3.05, 3.63) is 29.8 Å². The number of carbonyl (C=O) groups excluding carboxylic acids is 2. The van der Waals surface area contributed by atoms with E-state index in [0.29, 0.717) is 13.0 Å². The first-order valence-corrected chi connectivity index (χ1v) is 8.31. The predicted molar refractivity (Wildman–Crippen MR) is 86.7 cm³/mol. The maximum atomic E-state index is 12.7. The quantitative estimate of drug-likeness (QED) is 0.842. The Bertz CT molecular complexity index is 545. The van der Waals surface area contributed by atoms with Gasteiger partial charge in [0.15, 0.2) is 0 Å². The smallest absolute Gasteiger partial charge is 0.228 e. The van der Waals surface area contributed by atoms with Crippen LogP contribution >= 0.6 is 0 Å². The van der Waals surface area contributed by atoms with Gasteiger partial charge in [0.2, 0.25) is 11.8 Å². The molecule has 0 bridgehead atoms. The van der Waals surface area contributed by atoms with E-state index in [1.807, 2.05) is 36.1 Å². The molecular weight excluding hydrogens is 276 g/mol. The summed E-state index contributed by atoms with van der Waals surface area (Å²) in [5, 5.41) is 0. The fourth-order valence-corrected chi connectivity index (χ4v) is 3.40. The molecule has 2 aliphatic rings. The van der Waals surface area contributed by atoms with Crippen molar-refractivity contribution in [1.29, 1.82) is 0 Å². The van der Waals surface area contributed by atoms with Crippen LogP contribution in [0.1, 0.15) is 37.7 Å². The number of nitrogens with zero attached hydrogens (tertiary/aromatic N) is 2. The van der Waals surface area contributed by atoms with Crippen molar-refractivity contribution < 1.29 is 9.59 Å². The molecule has 1 aromatic carbocycles. The highest BCUT2D eigenvalue weighted by Gasteiger charge is 2.37. The molecule has 2 saturated heterocycles. The second kappa shape index (κ2) is 6.51. The van der Waals surface area contributed by atoms with Gasteiger partial charge in [0.05, 0.1) is 5.92 Å². The summed E-state index contributed by atoms with van der Waals surface area (Å²) in [5.74, 6) is 0.0637. The van der Waals surface area contributed by atoms with Gasteiger partial charge >= 0.3 is 0 Å². The molecule has 0 saturated carbocycles. The zero-order valence-corrected chi connectivity index (χ0v) is 13.3. The number of likely N-dealkylation sites (tertiary alicyclic amines) is 1. The van der Waals surface area contributed by atoms with Crippen LogP contribution in [-0.2, 0) is 9.59 Å². The van der Waals surface area contributed by atoms with Crippen LogP contribution in [0.2, 0.25) is 0 Å². The zero-order chi connectivity index (χ0) is 15.5. The molecule has 0 N–H and O–H groups in total. The van der Waals surface area contributed by atoms with E-state index in [-0.39, 0.29) is 17.7 Å². The summed E-state index contributed by atoms with van der Waals surface area (Å²) >= 11 is 0. The number of hydrogen-bond donors (Lipinski definition) is 0. The van der Waals surface area contributed by atoms with Gasteiger partial charge in [-0.15, -0.1) is 0 Å². The molecule has 2 heterocycles. The summed E-state index contributed by atoms with van der Waals surface area (Å²) in [6.45, 7) is 4.26. The average molecular weight is 300 g/mol. The molecule has 0 aliphatic carbocycles. The second-order valence-corrected chi connectivity index (χ2v) is 6.48. The highest BCUT2D eigenvalue weighted by molar-refractivity contribution is 6.00. The maximum Gasteiger partial charge on any atom is 0.228 e. The van der Waals surface area contributed by atoms with Crippen LogP contribution in [0.3, 0.4) is 0 Å². The minimum absolute atomic E-state index is 0.0667. The van der Waals surface area contributed by atoms with Crippen molar-refractivity contribution in [1.82, 2.24) is 4.90 Å². The van der Waals surface area contributed by atoms with Crippen LogP contribution in [0.25, 0.3) is 0 Å². The summed E-state index contributed by atoms with van der Waals surface area (Å²) in [5.41, 5.74) is 2.08. The molecule has 2 amide bonds. The summed E-state index contributed by atoms with van der Waals surface area (Å²) in [6, 6.07) is 7.94. The predicted octanol–water partition coefficient (Wildman–Crippen LogP) is 2.75. The molecule has 118 valence electrons. The molecule has 0 unspecified atom stereocenters. The van der Waals surface area contributed by atoms with Crippen LogP contribution in [0.15, 0.2) is 24.3 Å². The topological polar surface area (TPSA) is 40.6 Å². The number of amides is 2. The molecule has 1 atom stereocenters. The van der Waals surface area contributed by atoms with Gasteiger partial charge in [-0.25, -0.2) is 0 Å². The Balaban J connectivity index is 1.68. The van der Waals surface area contributed by atoms with Gasteiger partial charge in [0.1, 0.15) is 0 Å². The van der Waals surface area contributed by atoms with E-state index >= 15 is 0 Å². The first kappa shape index (κ1) is 15.1. The van der Waals surface area contributed by atoms with E-state index in [1.54, 1.807) is 4.90 Å². The summed E-state index contributed by atoms with van der Waals surface area (Å²) in [4.78, 5) is 28.7. The van der Waals surface area contributed by atoms with Gasteiger partial charge in [0.25, 0.3) is 0 Å². The van der Waals surface area contributed by atoms with Crippen molar-refractivity contribution in [2.45, 2.75) is 39.0 Å². The first-order valence-electron chi connectivity index (χ1n) is 8.31. The van der Waals surface area contributed by atoms with E-state index in [4.69, 9.17) is 0 Å². The molecule has 0 radical (unpaired) electrons. The normalized spacial score (nSPS) is 22.8. The molecule has 2 fully saturated rings. The molecule has 0 aromatic heterocycles. The first-order chi connectivity index (χ1) is 10.6. The fourth-order valence-electron chi connectivity index (χ4n) is 3.40. The largest absolute Gasteiger partial charge is 0.342 e. The van der Waals surface area contributed by atoms with Crippen molar-refractivity contribution in [3.63, 3.8) is 0 Å². The fraction of sp³-hybridized carbons (Fsp3) is 0.556. The third-order valence-corrected chi connectivity index (χ3v) is 4.74. The SMILES string of the molecule is Cc1ccc(N2C[C@H](C(=O)N3CCCCCC3)CC2=O)cc1. The third kappa shape index (κ3) is 3.16. The van der Waals surface area contributed by atoms with E-state index in [0.717, 1.165) is 31.6 Å². The molecule has 0 spiro atoms. The number of aryl methyl sites for hydroxylation is 1. The number of benzene rings is 1. The highest BCUT2D eigenvalue weighted by Crippen LogP contribution is 2.27. The third-order valence-electron chi connectivity index (χ3n) is 4.74. The minimum Gasteiger partial charge on any atom is -0.342 e. The molecule has 4 nitrogen and oxygen atoms in total. The molecule has 2 aliphatic heterocycles. The Labute approximate surface area is 132 Å². The van der Waals surface area contributed by atoms with E-state index < -0.39 is 0 Å². The van der Waals surface area contributed by atoms with Gasteiger partial charge in [-0.1, -0.05) is 30.5 Å². The lowest BCUT2D eigenvalue weighted by Gasteiger charge is -2.24. The Morgan fingerprint density at radius 2 is 1.68 bits per heavy atom. The lowest BCUT2D eigenvalue weighted by molar-refractivity contribution is -0.135. The van der Waals surface area contributed by atoms with Gasteiger partial charge in [-0.2, -0.15) is 0 Å². The van der Waals surface area contributed by atoms with Gasteiger partial charge < -0.3 is 9.80 Å². The van der Waals surface area contributed by atoms with Crippen molar-refractivity contribution in [2.75, 3.05) is 24.5 Å². The summed E-state index contributed by atoms with van der Waals surface area (Å²) in [6.07, 6.45) is 4.96. The number of anilines is 1. The van der Waals surface area contributed by atoms with Crippen molar-refractivity contribution in [2.24, 2.45) is 5.92 Å². The molecule has 22 heavy (non-hydrogen) atoms. The number of hydrogen-bond acceptors (Lipinski definition) is 2. The standard InChI is InChI=1S/C18H24N2O2/c1-14-6-8-16(9-7-14)20-13-15(12-17(20)21)18(22)19-10-4-2-3-5-11-19/h6-9,15H,2-5,10-13H2,1H3/t15-/m1/s1. The van der Waals surface area contributed by atoms with Crippen LogP contribution in [0.4, 0.5) is 5.69 Å². The lowest BCUT2D eigenvalue weighted by atomic mass is 10.1.